The van der Waals surface area contributed by atoms with Crippen LogP contribution in [0.15, 0.2) is 71.6 Å². The highest BCUT2D eigenvalue weighted by molar-refractivity contribution is 7.92. The Morgan fingerprint density at radius 1 is 0.970 bits per heavy atom. The summed E-state index contributed by atoms with van der Waals surface area (Å²) in [7, 11) is -0.503. The van der Waals surface area contributed by atoms with E-state index in [1.165, 1.54) is 4.31 Å². The number of anilines is 3. The molecule has 9 heteroatoms. The highest BCUT2D eigenvalue weighted by Gasteiger charge is 2.28. The Bertz CT molecular complexity index is 1260. The van der Waals surface area contributed by atoms with Crippen LogP contribution in [0.1, 0.15) is 12.0 Å². The molecule has 0 aliphatic carbocycles. The lowest BCUT2D eigenvalue weighted by atomic mass is 10.0. The van der Waals surface area contributed by atoms with Gasteiger partial charge in [-0.15, -0.1) is 0 Å². The van der Waals surface area contributed by atoms with Gasteiger partial charge in [-0.05, 0) is 73.1 Å². The number of nitrogens with one attached hydrogen (secondary N) is 2. The van der Waals surface area contributed by atoms with E-state index in [0.29, 0.717) is 34.5 Å². The van der Waals surface area contributed by atoms with Gasteiger partial charge in [0.1, 0.15) is 11.5 Å². The van der Waals surface area contributed by atoms with Crippen molar-refractivity contribution in [3.8, 4) is 11.5 Å². The smallest absolute Gasteiger partial charge is 0.264 e. The first-order valence-electron chi connectivity index (χ1n) is 10.4. The summed E-state index contributed by atoms with van der Waals surface area (Å²) in [5, 5.41) is 6.48. The molecule has 0 unspecified atom stereocenters. The van der Waals surface area contributed by atoms with Crippen LogP contribution >= 0.6 is 12.2 Å². The number of ether oxygens (including phenoxy) is 2. The molecular formula is C24H25N3O4S2. The first-order chi connectivity index (χ1) is 15.9. The fourth-order valence-corrected chi connectivity index (χ4v) is 5.55. The van der Waals surface area contributed by atoms with Crippen molar-refractivity contribution in [3.05, 3.63) is 72.3 Å². The maximum Gasteiger partial charge on any atom is 0.264 e. The third-order valence-electron chi connectivity index (χ3n) is 5.42. The van der Waals surface area contributed by atoms with E-state index in [-0.39, 0.29) is 4.90 Å². The molecular weight excluding hydrogens is 458 g/mol. The van der Waals surface area contributed by atoms with Crippen molar-refractivity contribution in [1.82, 2.24) is 0 Å². The van der Waals surface area contributed by atoms with Gasteiger partial charge >= 0.3 is 0 Å². The summed E-state index contributed by atoms with van der Waals surface area (Å²) in [5.74, 6) is 1.28. The summed E-state index contributed by atoms with van der Waals surface area (Å²) < 4.78 is 38.7. The van der Waals surface area contributed by atoms with E-state index in [1.54, 1.807) is 56.7 Å². The Labute approximate surface area is 199 Å². The second-order valence-electron chi connectivity index (χ2n) is 7.48. The van der Waals surface area contributed by atoms with Crippen molar-refractivity contribution in [2.45, 2.75) is 17.7 Å². The van der Waals surface area contributed by atoms with Crippen LogP contribution in [0.25, 0.3) is 0 Å². The van der Waals surface area contributed by atoms with Gasteiger partial charge in [0.25, 0.3) is 10.0 Å². The molecule has 0 saturated carbocycles. The number of hydrogen-bond acceptors (Lipinski definition) is 5. The van der Waals surface area contributed by atoms with Crippen LogP contribution in [-0.4, -0.2) is 34.3 Å². The highest BCUT2D eigenvalue weighted by atomic mass is 32.2. The second-order valence-corrected chi connectivity index (χ2v) is 9.75. The predicted octanol–water partition coefficient (Wildman–Crippen LogP) is 4.65. The van der Waals surface area contributed by atoms with Gasteiger partial charge in [-0.3, -0.25) is 4.31 Å². The number of fused-ring (bicyclic) bond motifs is 1. The molecule has 3 aromatic carbocycles. The number of nitrogens with zero attached hydrogens (tertiary/aromatic N) is 1. The van der Waals surface area contributed by atoms with Crippen LogP contribution in [-0.2, 0) is 16.4 Å². The standard InChI is InChI=1S/C24H25N3O4S2/c1-30-19-11-14-23(31-2)21(16-19)26-24(32)25-18-9-12-20(13-10-18)33(28,29)27-15-5-7-17-6-3-4-8-22(17)27/h3-4,6,8-14,16H,5,7,15H2,1-2H3,(H2,25,26,32). The SMILES string of the molecule is COc1ccc(OC)c(NC(=S)Nc2ccc(S(=O)(=O)N3CCCc4ccccc43)cc2)c1. The Balaban J connectivity index is 1.48. The monoisotopic (exact) mass is 483 g/mol. The lowest BCUT2D eigenvalue weighted by molar-refractivity contribution is 0.405. The number of thiocarbonyl (C=S) groups is 1. The molecule has 0 aromatic heterocycles. The van der Waals surface area contributed by atoms with Gasteiger partial charge < -0.3 is 20.1 Å². The second kappa shape index (κ2) is 9.68. The lowest BCUT2D eigenvalue weighted by Crippen LogP contribution is -2.35. The zero-order valence-corrected chi connectivity index (χ0v) is 20.0. The van der Waals surface area contributed by atoms with E-state index in [4.69, 9.17) is 21.7 Å². The average molecular weight is 484 g/mol. The molecule has 0 radical (unpaired) electrons. The summed E-state index contributed by atoms with van der Waals surface area (Å²) in [6.07, 6.45) is 1.68. The number of para-hydroxylation sites is 1. The summed E-state index contributed by atoms with van der Waals surface area (Å²) >= 11 is 5.41. The van der Waals surface area contributed by atoms with Gasteiger partial charge in [-0.1, -0.05) is 18.2 Å². The first-order valence-corrected chi connectivity index (χ1v) is 12.3. The minimum Gasteiger partial charge on any atom is -0.497 e. The highest BCUT2D eigenvalue weighted by Crippen LogP contribution is 2.32. The molecule has 2 N–H and O–H groups in total. The quantitative estimate of drug-likeness (QED) is 0.494. The summed E-state index contributed by atoms with van der Waals surface area (Å²) in [4.78, 5) is 0.234. The number of hydrogen-bond donors (Lipinski definition) is 2. The van der Waals surface area contributed by atoms with Gasteiger partial charge in [-0.2, -0.15) is 0 Å². The zero-order chi connectivity index (χ0) is 23.4. The molecule has 172 valence electrons. The molecule has 1 aliphatic heterocycles. The number of rotatable bonds is 6. The molecule has 33 heavy (non-hydrogen) atoms. The molecule has 1 aliphatic rings. The fraction of sp³-hybridized carbons (Fsp3) is 0.208. The molecule has 0 fully saturated rings. The lowest BCUT2D eigenvalue weighted by Gasteiger charge is -2.30. The Morgan fingerprint density at radius 2 is 1.73 bits per heavy atom. The third-order valence-corrected chi connectivity index (χ3v) is 7.45. The normalized spacial score (nSPS) is 13.1. The van der Waals surface area contributed by atoms with E-state index in [1.807, 2.05) is 24.3 Å². The Morgan fingerprint density at radius 3 is 2.45 bits per heavy atom. The number of aryl methyl sites for hydroxylation is 1. The average Bonchev–Trinajstić information content (AvgIpc) is 2.83. The molecule has 0 spiro atoms. The molecule has 4 rings (SSSR count). The van der Waals surface area contributed by atoms with Gasteiger partial charge in [0.15, 0.2) is 5.11 Å². The molecule has 0 bridgehead atoms. The van der Waals surface area contributed by atoms with Crippen LogP contribution in [0.2, 0.25) is 0 Å². The molecule has 0 atom stereocenters. The molecule has 3 aromatic rings. The molecule has 7 nitrogen and oxygen atoms in total. The van der Waals surface area contributed by atoms with Crippen LogP contribution in [0, 0.1) is 0 Å². The van der Waals surface area contributed by atoms with Crippen LogP contribution in [0.5, 0.6) is 11.5 Å². The van der Waals surface area contributed by atoms with Crippen molar-refractivity contribution in [2.75, 3.05) is 35.7 Å². The van der Waals surface area contributed by atoms with Gasteiger partial charge in [-0.25, -0.2) is 8.42 Å². The number of methoxy groups -OCH3 is 2. The molecule has 0 saturated heterocycles. The van der Waals surface area contributed by atoms with E-state index in [2.05, 4.69) is 10.6 Å². The fourth-order valence-electron chi connectivity index (χ4n) is 3.78. The van der Waals surface area contributed by atoms with E-state index >= 15 is 0 Å². The minimum atomic E-state index is -3.66. The van der Waals surface area contributed by atoms with Gasteiger partial charge in [0.05, 0.1) is 30.5 Å². The van der Waals surface area contributed by atoms with Crippen molar-refractivity contribution in [3.63, 3.8) is 0 Å². The maximum absolute atomic E-state index is 13.3. The van der Waals surface area contributed by atoms with Crippen molar-refractivity contribution in [1.29, 1.82) is 0 Å². The van der Waals surface area contributed by atoms with Crippen LogP contribution in [0.3, 0.4) is 0 Å². The topological polar surface area (TPSA) is 79.9 Å². The van der Waals surface area contributed by atoms with E-state index in [0.717, 1.165) is 24.1 Å². The Hall–Kier alpha value is -3.30. The van der Waals surface area contributed by atoms with Crippen LogP contribution in [0.4, 0.5) is 17.1 Å². The molecule has 0 amide bonds. The number of benzene rings is 3. The predicted molar refractivity (Wildman–Crippen MR) is 135 cm³/mol. The maximum atomic E-state index is 13.3. The summed E-state index contributed by atoms with van der Waals surface area (Å²) in [6.45, 7) is 0.468. The third kappa shape index (κ3) is 4.89. The van der Waals surface area contributed by atoms with E-state index in [9.17, 15) is 8.42 Å². The van der Waals surface area contributed by atoms with Crippen LogP contribution < -0.4 is 24.4 Å². The van der Waals surface area contributed by atoms with Crippen molar-refractivity contribution < 1.29 is 17.9 Å². The molecule has 1 heterocycles. The largest absolute Gasteiger partial charge is 0.497 e. The minimum absolute atomic E-state index is 0.234. The van der Waals surface area contributed by atoms with E-state index < -0.39 is 10.0 Å². The number of sulfonamides is 1. The van der Waals surface area contributed by atoms with Crippen molar-refractivity contribution in [2.24, 2.45) is 0 Å². The first kappa shape index (κ1) is 22.9. The summed E-state index contributed by atoms with van der Waals surface area (Å²) in [6, 6.07) is 19.6. The van der Waals surface area contributed by atoms with Crippen molar-refractivity contribution >= 4 is 44.4 Å². The van der Waals surface area contributed by atoms with Gasteiger partial charge in [0, 0.05) is 18.3 Å². The summed E-state index contributed by atoms with van der Waals surface area (Å²) in [5.41, 5.74) is 3.11. The zero-order valence-electron chi connectivity index (χ0n) is 18.4. The van der Waals surface area contributed by atoms with Gasteiger partial charge in [0.2, 0.25) is 0 Å². The Kier molecular flexibility index (Phi) is 6.71.